The highest BCUT2D eigenvalue weighted by Gasteiger charge is 2.06. The number of unbranched alkanes of at least 4 members (excludes halogenated alkanes) is 1. The van der Waals surface area contributed by atoms with Crippen molar-refractivity contribution in [2.45, 2.75) is 19.8 Å². The molecule has 0 radical (unpaired) electrons. The molecule has 1 rings (SSSR count). The number of hydrogen-bond donors (Lipinski definition) is 3. The number of carbonyl (C=O) groups is 2. The normalized spacial score (nSPS) is 10.0. The zero-order chi connectivity index (χ0) is 15.7. The van der Waals surface area contributed by atoms with E-state index in [0.29, 0.717) is 18.7 Å². The number of hydrogen-bond acceptors (Lipinski definition) is 3. The average Bonchev–Trinajstić information content (AvgIpc) is 2.49. The highest BCUT2D eigenvalue weighted by Crippen LogP contribution is 2.14. The van der Waals surface area contributed by atoms with Gasteiger partial charge in [-0.05, 0) is 30.7 Å². The van der Waals surface area contributed by atoms with Gasteiger partial charge in [0.25, 0.3) is 5.91 Å². The quantitative estimate of drug-likeness (QED) is 0.631. The molecule has 0 fully saturated rings. The van der Waals surface area contributed by atoms with Gasteiger partial charge in [-0.1, -0.05) is 13.3 Å². The number of primary amides is 1. The second-order valence-electron chi connectivity index (χ2n) is 4.87. The molecule has 0 unspecified atom stereocenters. The van der Waals surface area contributed by atoms with Crippen LogP contribution in [0.25, 0.3) is 0 Å². The van der Waals surface area contributed by atoms with Crippen molar-refractivity contribution in [1.29, 1.82) is 0 Å². The Balaban J connectivity index is 2.45. The summed E-state index contributed by atoms with van der Waals surface area (Å²) in [5.74, 6) is -0.163. The predicted octanol–water partition coefficient (Wildman–Crippen LogP) is 1.32. The van der Waals surface area contributed by atoms with Gasteiger partial charge in [0.2, 0.25) is 0 Å². The van der Waals surface area contributed by atoms with Crippen molar-refractivity contribution in [3.63, 3.8) is 0 Å². The summed E-state index contributed by atoms with van der Waals surface area (Å²) in [6, 6.07) is 6.88. The summed E-state index contributed by atoms with van der Waals surface area (Å²) in [4.78, 5) is 24.5. The van der Waals surface area contributed by atoms with E-state index in [9.17, 15) is 9.59 Å². The molecule has 116 valence electrons. The molecule has 0 spiro atoms. The molecule has 0 aliphatic carbocycles. The Hall–Kier alpha value is -2.24. The molecule has 3 amide bonds. The van der Waals surface area contributed by atoms with Gasteiger partial charge in [-0.25, -0.2) is 4.79 Å². The third-order valence-electron chi connectivity index (χ3n) is 3.13. The monoisotopic (exact) mass is 292 g/mol. The first-order chi connectivity index (χ1) is 10.0. The molecular formula is C15H24N4O2. The van der Waals surface area contributed by atoms with Crippen LogP contribution in [0.2, 0.25) is 0 Å². The van der Waals surface area contributed by atoms with E-state index < -0.39 is 6.03 Å². The molecule has 6 heteroatoms. The number of benzene rings is 1. The van der Waals surface area contributed by atoms with E-state index in [0.717, 1.165) is 25.1 Å². The zero-order valence-corrected chi connectivity index (χ0v) is 12.7. The van der Waals surface area contributed by atoms with Crippen LogP contribution in [0.1, 0.15) is 30.1 Å². The van der Waals surface area contributed by atoms with E-state index in [4.69, 9.17) is 5.73 Å². The van der Waals surface area contributed by atoms with Crippen molar-refractivity contribution in [2.75, 3.05) is 31.6 Å². The van der Waals surface area contributed by atoms with Crippen molar-refractivity contribution < 1.29 is 9.59 Å². The second-order valence-corrected chi connectivity index (χ2v) is 4.87. The second kappa shape index (κ2) is 8.84. The number of nitrogens with two attached hydrogens (primary N) is 1. The molecule has 0 aliphatic heterocycles. The molecule has 0 heterocycles. The Morgan fingerprint density at radius 2 is 1.76 bits per heavy atom. The number of nitrogens with zero attached hydrogens (tertiary/aromatic N) is 1. The Kier molecular flexibility index (Phi) is 7.08. The molecule has 0 bridgehead atoms. The van der Waals surface area contributed by atoms with Gasteiger partial charge in [0.15, 0.2) is 0 Å². The van der Waals surface area contributed by atoms with Crippen LogP contribution in [0, 0.1) is 0 Å². The van der Waals surface area contributed by atoms with Crippen molar-refractivity contribution in [2.24, 2.45) is 5.73 Å². The molecule has 21 heavy (non-hydrogen) atoms. The van der Waals surface area contributed by atoms with Gasteiger partial charge < -0.3 is 21.3 Å². The largest absolute Gasteiger partial charge is 0.375 e. The van der Waals surface area contributed by atoms with Crippen LogP contribution in [0.3, 0.4) is 0 Å². The minimum Gasteiger partial charge on any atom is -0.375 e. The van der Waals surface area contributed by atoms with Gasteiger partial charge in [-0.2, -0.15) is 0 Å². The molecule has 0 saturated heterocycles. The minimum atomic E-state index is -0.594. The maximum atomic E-state index is 11.9. The van der Waals surface area contributed by atoms with Crippen LogP contribution < -0.4 is 21.3 Å². The Morgan fingerprint density at radius 1 is 1.14 bits per heavy atom. The van der Waals surface area contributed by atoms with Crippen molar-refractivity contribution in [1.82, 2.24) is 10.6 Å². The summed E-state index contributed by atoms with van der Waals surface area (Å²) in [6.07, 6.45) is 2.30. The van der Waals surface area contributed by atoms with Gasteiger partial charge in [-0.3, -0.25) is 4.79 Å². The van der Waals surface area contributed by atoms with Crippen LogP contribution in [0.5, 0.6) is 0 Å². The van der Waals surface area contributed by atoms with E-state index in [1.54, 1.807) is 12.1 Å². The highest BCUT2D eigenvalue weighted by atomic mass is 16.2. The first-order valence-corrected chi connectivity index (χ1v) is 7.17. The van der Waals surface area contributed by atoms with Crippen molar-refractivity contribution in [3.05, 3.63) is 29.8 Å². The lowest BCUT2D eigenvalue weighted by atomic mass is 10.2. The zero-order valence-electron chi connectivity index (χ0n) is 12.7. The number of nitrogens with one attached hydrogen (secondary N) is 2. The predicted molar refractivity (Wildman–Crippen MR) is 84.5 cm³/mol. The van der Waals surface area contributed by atoms with Gasteiger partial charge in [0, 0.05) is 37.9 Å². The third kappa shape index (κ3) is 6.16. The number of carbonyl (C=O) groups excluding carboxylic acids is 2. The van der Waals surface area contributed by atoms with Crippen LogP contribution in [-0.4, -0.2) is 38.6 Å². The van der Waals surface area contributed by atoms with Crippen LogP contribution in [0.4, 0.5) is 10.5 Å². The fourth-order valence-electron chi connectivity index (χ4n) is 1.86. The van der Waals surface area contributed by atoms with Crippen LogP contribution in [-0.2, 0) is 0 Å². The summed E-state index contributed by atoms with van der Waals surface area (Å²) >= 11 is 0. The van der Waals surface area contributed by atoms with Crippen molar-refractivity contribution in [3.8, 4) is 0 Å². The minimum absolute atomic E-state index is 0.163. The Morgan fingerprint density at radius 3 is 2.33 bits per heavy atom. The third-order valence-corrected chi connectivity index (χ3v) is 3.13. The Labute approximate surface area is 125 Å². The van der Waals surface area contributed by atoms with Crippen LogP contribution in [0.15, 0.2) is 24.3 Å². The summed E-state index contributed by atoms with van der Waals surface area (Å²) < 4.78 is 0. The molecular weight excluding hydrogens is 268 g/mol. The van der Waals surface area contributed by atoms with Gasteiger partial charge >= 0.3 is 6.03 Å². The number of urea groups is 1. The smallest absolute Gasteiger partial charge is 0.312 e. The van der Waals surface area contributed by atoms with Gasteiger partial charge in [-0.15, -0.1) is 0 Å². The SMILES string of the molecule is CCCCN(C)c1ccc(C(=O)NCCNC(N)=O)cc1. The molecule has 6 nitrogen and oxygen atoms in total. The summed E-state index contributed by atoms with van der Waals surface area (Å²) in [5.41, 5.74) is 6.62. The lowest BCUT2D eigenvalue weighted by Gasteiger charge is -2.19. The summed E-state index contributed by atoms with van der Waals surface area (Å²) in [7, 11) is 2.04. The van der Waals surface area contributed by atoms with E-state index in [1.807, 2.05) is 19.2 Å². The number of amides is 3. The van der Waals surface area contributed by atoms with E-state index >= 15 is 0 Å². The van der Waals surface area contributed by atoms with Gasteiger partial charge in [0.05, 0.1) is 0 Å². The molecule has 1 aromatic rings. The average molecular weight is 292 g/mol. The highest BCUT2D eigenvalue weighted by molar-refractivity contribution is 5.94. The number of rotatable bonds is 8. The first-order valence-electron chi connectivity index (χ1n) is 7.17. The molecule has 1 aromatic carbocycles. The maximum Gasteiger partial charge on any atom is 0.312 e. The van der Waals surface area contributed by atoms with E-state index in [2.05, 4.69) is 22.5 Å². The summed E-state index contributed by atoms with van der Waals surface area (Å²) in [6.45, 7) is 3.83. The fraction of sp³-hybridized carbons (Fsp3) is 0.467. The molecule has 4 N–H and O–H groups in total. The summed E-state index contributed by atoms with van der Waals surface area (Å²) in [5, 5.41) is 5.13. The van der Waals surface area contributed by atoms with E-state index in [1.165, 1.54) is 0 Å². The maximum absolute atomic E-state index is 11.9. The Bertz CT molecular complexity index is 459. The molecule has 0 aliphatic rings. The van der Waals surface area contributed by atoms with Crippen LogP contribution >= 0.6 is 0 Å². The lowest BCUT2D eigenvalue weighted by Crippen LogP contribution is -2.37. The first kappa shape index (κ1) is 16.8. The molecule has 0 saturated carbocycles. The van der Waals surface area contributed by atoms with E-state index in [-0.39, 0.29) is 5.91 Å². The number of anilines is 1. The molecule has 0 atom stereocenters. The van der Waals surface area contributed by atoms with Gasteiger partial charge in [0.1, 0.15) is 0 Å². The molecule has 0 aromatic heterocycles. The lowest BCUT2D eigenvalue weighted by molar-refractivity contribution is 0.0954. The standard InChI is InChI=1S/C15H24N4O2/c1-3-4-11-19(2)13-7-5-12(6-8-13)14(20)17-9-10-18-15(16)21/h5-8H,3-4,9-11H2,1-2H3,(H,17,20)(H3,16,18,21). The fourth-order valence-corrected chi connectivity index (χ4v) is 1.86. The topological polar surface area (TPSA) is 87.5 Å². The van der Waals surface area contributed by atoms with Crippen molar-refractivity contribution >= 4 is 17.6 Å².